The molecule has 3 heteroatoms. The van der Waals surface area contributed by atoms with Crippen LogP contribution in [-0.4, -0.2) is 9.55 Å². The van der Waals surface area contributed by atoms with Gasteiger partial charge in [-0.3, -0.25) is 0 Å². The smallest absolute Gasteiger partial charge is 0.126 e. The van der Waals surface area contributed by atoms with Gasteiger partial charge in [0, 0.05) is 7.05 Å². The summed E-state index contributed by atoms with van der Waals surface area (Å²) in [5, 5.41) is 0. The normalized spacial score (nSPS) is 13.5. The molecule has 1 aromatic heterocycles. The van der Waals surface area contributed by atoms with E-state index in [4.69, 9.17) is 5.73 Å². The number of nitrogens with zero attached hydrogens (tertiary/aromatic N) is 2. The number of nitrogens with two attached hydrogens (primary N) is 1. The average Bonchev–Trinajstić information content (AvgIpc) is 2.45. The first-order valence-electron chi connectivity index (χ1n) is 4.37. The Morgan fingerprint density at radius 3 is 2.69 bits per heavy atom. The van der Waals surface area contributed by atoms with E-state index in [2.05, 4.69) is 4.98 Å². The van der Waals surface area contributed by atoms with Crippen molar-refractivity contribution >= 4 is 11.0 Å². The van der Waals surface area contributed by atoms with E-state index in [1.807, 2.05) is 42.8 Å². The Morgan fingerprint density at radius 1 is 1.38 bits per heavy atom. The Morgan fingerprint density at radius 2 is 2.08 bits per heavy atom. The standard InChI is InChI=1S/C10H13N3/c1-7(11)10-12-8-5-3-4-6-9(8)13(10)2/h3-7H,11H2,1-2H3/t7-/m1/s1. The van der Waals surface area contributed by atoms with Crippen LogP contribution in [0.25, 0.3) is 11.0 Å². The van der Waals surface area contributed by atoms with E-state index in [1.165, 1.54) is 0 Å². The van der Waals surface area contributed by atoms with Gasteiger partial charge in [-0.05, 0) is 19.1 Å². The van der Waals surface area contributed by atoms with Crippen LogP contribution in [0.5, 0.6) is 0 Å². The molecule has 0 spiro atoms. The largest absolute Gasteiger partial charge is 0.330 e. The van der Waals surface area contributed by atoms with Crippen LogP contribution < -0.4 is 5.73 Å². The molecule has 1 atom stereocenters. The number of fused-ring (bicyclic) bond motifs is 1. The molecule has 1 aromatic carbocycles. The molecule has 2 N–H and O–H groups in total. The second-order valence-corrected chi connectivity index (χ2v) is 3.31. The summed E-state index contributed by atoms with van der Waals surface area (Å²) in [6, 6.07) is 8.03. The maximum atomic E-state index is 5.80. The van der Waals surface area contributed by atoms with Crippen molar-refractivity contribution in [2.75, 3.05) is 0 Å². The predicted octanol–water partition coefficient (Wildman–Crippen LogP) is 1.59. The van der Waals surface area contributed by atoms with Crippen LogP contribution in [0.1, 0.15) is 18.8 Å². The Balaban J connectivity index is 2.74. The lowest BCUT2D eigenvalue weighted by molar-refractivity contribution is 0.696. The third kappa shape index (κ3) is 1.21. The summed E-state index contributed by atoms with van der Waals surface area (Å²) < 4.78 is 2.04. The first-order valence-corrected chi connectivity index (χ1v) is 4.37. The van der Waals surface area contributed by atoms with Gasteiger partial charge in [-0.25, -0.2) is 4.98 Å². The molecule has 68 valence electrons. The van der Waals surface area contributed by atoms with Crippen LogP contribution in [0.15, 0.2) is 24.3 Å². The molecule has 0 unspecified atom stereocenters. The number of para-hydroxylation sites is 2. The molecule has 3 nitrogen and oxygen atoms in total. The second kappa shape index (κ2) is 2.85. The van der Waals surface area contributed by atoms with Gasteiger partial charge in [0.2, 0.25) is 0 Å². The molecule has 0 aliphatic heterocycles. The zero-order chi connectivity index (χ0) is 9.42. The van der Waals surface area contributed by atoms with Gasteiger partial charge in [-0.15, -0.1) is 0 Å². The molecule has 0 bridgehead atoms. The second-order valence-electron chi connectivity index (χ2n) is 3.31. The molecule has 0 radical (unpaired) electrons. The maximum absolute atomic E-state index is 5.80. The fraction of sp³-hybridized carbons (Fsp3) is 0.300. The summed E-state index contributed by atoms with van der Waals surface area (Å²) in [4.78, 5) is 4.45. The van der Waals surface area contributed by atoms with Gasteiger partial charge in [-0.1, -0.05) is 12.1 Å². The minimum Gasteiger partial charge on any atom is -0.330 e. The topological polar surface area (TPSA) is 43.8 Å². The molecule has 0 aliphatic rings. The molecule has 0 saturated heterocycles. The first kappa shape index (κ1) is 8.26. The molecule has 2 aromatic rings. The number of benzene rings is 1. The van der Waals surface area contributed by atoms with Crippen molar-refractivity contribution in [3.05, 3.63) is 30.1 Å². The van der Waals surface area contributed by atoms with Crippen LogP contribution in [-0.2, 0) is 7.05 Å². The fourth-order valence-corrected chi connectivity index (χ4v) is 1.57. The highest BCUT2D eigenvalue weighted by molar-refractivity contribution is 5.75. The quantitative estimate of drug-likeness (QED) is 0.715. The SMILES string of the molecule is C[C@@H](N)c1nc2ccccc2n1C. The van der Waals surface area contributed by atoms with E-state index in [-0.39, 0.29) is 6.04 Å². The summed E-state index contributed by atoms with van der Waals surface area (Å²) in [7, 11) is 1.99. The maximum Gasteiger partial charge on any atom is 0.126 e. The molecule has 0 saturated carbocycles. The van der Waals surface area contributed by atoms with Crippen molar-refractivity contribution in [2.24, 2.45) is 12.8 Å². The summed E-state index contributed by atoms with van der Waals surface area (Å²) in [5.74, 6) is 0.932. The van der Waals surface area contributed by atoms with E-state index < -0.39 is 0 Å². The molecule has 0 amide bonds. The van der Waals surface area contributed by atoms with Crippen LogP contribution in [0, 0.1) is 0 Å². The summed E-state index contributed by atoms with van der Waals surface area (Å²) in [6.45, 7) is 1.95. The van der Waals surface area contributed by atoms with Crippen molar-refractivity contribution in [1.82, 2.24) is 9.55 Å². The van der Waals surface area contributed by atoms with Crippen molar-refractivity contribution in [2.45, 2.75) is 13.0 Å². The van der Waals surface area contributed by atoms with Gasteiger partial charge in [0.05, 0.1) is 17.1 Å². The Kier molecular flexibility index (Phi) is 1.81. The number of aromatic nitrogens is 2. The Bertz CT molecular complexity index is 429. The third-order valence-corrected chi connectivity index (χ3v) is 2.23. The van der Waals surface area contributed by atoms with Gasteiger partial charge in [0.15, 0.2) is 0 Å². The Hall–Kier alpha value is -1.35. The molecule has 13 heavy (non-hydrogen) atoms. The lowest BCUT2D eigenvalue weighted by Gasteiger charge is -2.04. The number of aryl methyl sites for hydroxylation is 1. The highest BCUT2D eigenvalue weighted by Crippen LogP contribution is 2.17. The number of hydrogen-bond donors (Lipinski definition) is 1. The van der Waals surface area contributed by atoms with Crippen LogP contribution >= 0.6 is 0 Å². The van der Waals surface area contributed by atoms with E-state index >= 15 is 0 Å². The highest BCUT2D eigenvalue weighted by Gasteiger charge is 2.09. The van der Waals surface area contributed by atoms with Crippen molar-refractivity contribution in [3.63, 3.8) is 0 Å². The number of rotatable bonds is 1. The van der Waals surface area contributed by atoms with Gasteiger partial charge in [0.1, 0.15) is 5.82 Å². The zero-order valence-corrected chi connectivity index (χ0v) is 7.86. The van der Waals surface area contributed by atoms with Crippen molar-refractivity contribution in [1.29, 1.82) is 0 Å². The highest BCUT2D eigenvalue weighted by atomic mass is 15.1. The average molecular weight is 175 g/mol. The van der Waals surface area contributed by atoms with Gasteiger partial charge in [-0.2, -0.15) is 0 Å². The minimum absolute atomic E-state index is 0.0163. The molecule has 0 fully saturated rings. The molecule has 1 heterocycles. The molecular weight excluding hydrogens is 162 g/mol. The van der Waals surface area contributed by atoms with Crippen molar-refractivity contribution in [3.8, 4) is 0 Å². The molecular formula is C10H13N3. The number of hydrogen-bond acceptors (Lipinski definition) is 2. The third-order valence-electron chi connectivity index (χ3n) is 2.23. The summed E-state index contributed by atoms with van der Waals surface area (Å²) >= 11 is 0. The zero-order valence-electron chi connectivity index (χ0n) is 7.86. The van der Waals surface area contributed by atoms with Gasteiger partial charge < -0.3 is 10.3 Å². The monoisotopic (exact) mass is 175 g/mol. The number of imidazole rings is 1. The van der Waals surface area contributed by atoms with Gasteiger partial charge >= 0.3 is 0 Å². The lowest BCUT2D eigenvalue weighted by Crippen LogP contribution is -2.11. The molecule has 2 rings (SSSR count). The fourth-order valence-electron chi connectivity index (χ4n) is 1.57. The predicted molar refractivity (Wildman–Crippen MR) is 53.3 cm³/mol. The van der Waals surface area contributed by atoms with E-state index in [0.717, 1.165) is 16.9 Å². The van der Waals surface area contributed by atoms with Crippen LogP contribution in [0.2, 0.25) is 0 Å². The van der Waals surface area contributed by atoms with Crippen LogP contribution in [0.4, 0.5) is 0 Å². The minimum atomic E-state index is -0.0163. The molecule has 0 aliphatic carbocycles. The van der Waals surface area contributed by atoms with E-state index in [9.17, 15) is 0 Å². The lowest BCUT2D eigenvalue weighted by atomic mass is 10.3. The van der Waals surface area contributed by atoms with Crippen molar-refractivity contribution < 1.29 is 0 Å². The Labute approximate surface area is 77.2 Å². The van der Waals surface area contributed by atoms with Crippen LogP contribution in [0.3, 0.4) is 0 Å². The first-order chi connectivity index (χ1) is 6.20. The van der Waals surface area contributed by atoms with Gasteiger partial charge in [0.25, 0.3) is 0 Å². The summed E-state index contributed by atoms with van der Waals surface area (Å²) in [5.41, 5.74) is 7.94. The van der Waals surface area contributed by atoms with E-state index in [1.54, 1.807) is 0 Å². The summed E-state index contributed by atoms with van der Waals surface area (Å²) in [6.07, 6.45) is 0. The van der Waals surface area contributed by atoms with E-state index in [0.29, 0.717) is 0 Å².